The minimum absolute atomic E-state index is 0.0293. The molecule has 1 amide bonds. The minimum atomic E-state index is -0.566. The van der Waals surface area contributed by atoms with E-state index in [0.717, 1.165) is 4.91 Å². The molecule has 1 aliphatic rings. The van der Waals surface area contributed by atoms with E-state index in [1.54, 1.807) is 11.6 Å². The number of aromatic nitrogens is 1. The average Bonchev–Trinajstić information content (AvgIpc) is 2.76. The summed E-state index contributed by atoms with van der Waals surface area (Å²) in [7, 11) is 1.66. The molecule has 1 aromatic heterocycles. The van der Waals surface area contributed by atoms with Crippen molar-refractivity contribution in [3.05, 3.63) is 63.0 Å². The van der Waals surface area contributed by atoms with Crippen molar-refractivity contribution in [3.63, 3.8) is 0 Å². The van der Waals surface area contributed by atoms with E-state index in [2.05, 4.69) is 29.1 Å². The van der Waals surface area contributed by atoms with Gasteiger partial charge < -0.3 is 15.0 Å². The molecule has 3 N–H and O–H groups in total. The van der Waals surface area contributed by atoms with Crippen LogP contribution in [0, 0.1) is 5.92 Å². The Balaban J connectivity index is 2.15. The highest BCUT2D eigenvalue weighted by atomic mass is 32.2. The first-order chi connectivity index (χ1) is 12.3. The van der Waals surface area contributed by atoms with Crippen molar-refractivity contribution in [2.75, 3.05) is 0 Å². The van der Waals surface area contributed by atoms with Gasteiger partial charge in [-0.15, -0.1) is 0 Å². The van der Waals surface area contributed by atoms with Crippen LogP contribution in [0.15, 0.2) is 46.1 Å². The van der Waals surface area contributed by atoms with Crippen molar-refractivity contribution in [1.82, 2.24) is 14.6 Å². The van der Waals surface area contributed by atoms with Gasteiger partial charge in [0.1, 0.15) is 0 Å². The Morgan fingerprint density at radius 3 is 2.81 bits per heavy atom. The van der Waals surface area contributed by atoms with Crippen molar-refractivity contribution in [2.45, 2.75) is 33.4 Å². The molecule has 0 bridgehead atoms. The number of nitrogens with one attached hydrogen (secondary N) is 2. The largest absolute Gasteiger partial charge is 0.503 e. The summed E-state index contributed by atoms with van der Waals surface area (Å²) in [5.74, 6) is -0.611. The number of allylic oxidation sites excluding steroid dienone is 5. The van der Waals surface area contributed by atoms with E-state index in [1.165, 1.54) is 18.0 Å². The molecule has 0 saturated heterocycles. The van der Waals surface area contributed by atoms with Crippen molar-refractivity contribution in [3.8, 4) is 5.75 Å². The van der Waals surface area contributed by atoms with Crippen LogP contribution in [0.2, 0.25) is 0 Å². The van der Waals surface area contributed by atoms with Gasteiger partial charge in [-0.1, -0.05) is 31.2 Å². The van der Waals surface area contributed by atoms with Crippen LogP contribution >= 0.6 is 11.9 Å². The number of rotatable bonds is 6. The van der Waals surface area contributed by atoms with E-state index in [0.29, 0.717) is 18.2 Å². The molecule has 26 heavy (non-hydrogen) atoms. The van der Waals surface area contributed by atoms with Gasteiger partial charge in [-0.25, -0.2) is 0 Å². The van der Waals surface area contributed by atoms with Crippen molar-refractivity contribution in [1.29, 1.82) is 0 Å². The van der Waals surface area contributed by atoms with Crippen LogP contribution in [0.1, 0.15) is 37.0 Å². The smallest absolute Gasteiger partial charge is 0.272 e. The number of nitrogens with zero attached hydrogens (tertiary/aromatic N) is 1. The lowest BCUT2D eigenvalue weighted by atomic mass is 10.2. The number of aromatic hydroxyl groups is 1. The fraction of sp³-hybridized carbons (Fsp3) is 0.368. The van der Waals surface area contributed by atoms with E-state index in [4.69, 9.17) is 0 Å². The normalized spacial score (nSPS) is 16.5. The zero-order valence-corrected chi connectivity index (χ0v) is 16.3. The summed E-state index contributed by atoms with van der Waals surface area (Å²) in [4.78, 5) is 25.4. The summed E-state index contributed by atoms with van der Waals surface area (Å²) in [5.41, 5.74) is 0.0128. The molecule has 1 aromatic rings. The Hall–Kier alpha value is -2.25. The van der Waals surface area contributed by atoms with Gasteiger partial charge in [-0.05, 0) is 37.8 Å². The van der Waals surface area contributed by atoms with Crippen LogP contribution in [-0.2, 0) is 13.6 Å². The maximum Gasteiger partial charge on any atom is 0.272 e. The lowest BCUT2D eigenvalue weighted by molar-refractivity contribution is 0.0930. The summed E-state index contributed by atoms with van der Waals surface area (Å²) in [5, 5.41) is 12.7. The van der Waals surface area contributed by atoms with E-state index < -0.39 is 17.1 Å². The zero-order valence-electron chi connectivity index (χ0n) is 15.4. The van der Waals surface area contributed by atoms with Crippen LogP contribution in [-0.4, -0.2) is 21.6 Å². The summed E-state index contributed by atoms with van der Waals surface area (Å²) in [6.45, 7) is 6.11. The molecule has 0 aliphatic heterocycles. The fourth-order valence-corrected chi connectivity index (χ4v) is 3.13. The van der Waals surface area contributed by atoms with Gasteiger partial charge in [-0.2, -0.15) is 0 Å². The molecular formula is C19H25N3O3S. The quantitative estimate of drug-likeness (QED) is 0.666. The summed E-state index contributed by atoms with van der Waals surface area (Å²) in [6, 6.07) is 1.24. The molecule has 0 aromatic carbocycles. The topological polar surface area (TPSA) is 83.4 Å². The Labute approximate surface area is 157 Å². The first kappa shape index (κ1) is 20.1. The molecular weight excluding hydrogens is 350 g/mol. The molecule has 140 valence electrons. The van der Waals surface area contributed by atoms with Crippen molar-refractivity contribution >= 4 is 17.9 Å². The van der Waals surface area contributed by atoms with Crippen LogP contribution < -0.4 is 15.5 Å². The van der Waals surface area contributed by atoms with E-state index in [-0.39, 0.29) is 11.7 Å². The predicted octanol–water partition coefficient (Wildman–Crippen LogP) is 2.61. The third kappa shape index (κ3) is 5.12. The van der Waals surface area contributed by atoms with Crippen LogP contribution in [0.3, 0.4) is 0 Å². The molecule has 0 spiro atoms. The second kappa shape index (κ2) is 8.91. The van der Waals surface area contributed by atoms with Crippen LogP contribution in [0.4, 0.5) is 0 Å². The highest BCUT2D eigenvalue weighted by molar-refractivity contribution is 8.01. The number of carbonyl (C=O) groups is 1. The van der Waals surface area contributed by atoms with Crippen molar-refractivity contribution in [2.24, 2.45) is 13.0 Å². The number of carbonyl (C=O) groups excluding carboxylic acids is 1. The molecule has 0 fully saturated rings. The minimum Gasteiger partial charge on any atom is -0.503 e. The zero-order chi connectivity index (χ0) is 19.3. The first-order valence-corrected chi connectivity index (χ1v) is 9.30. The van der Waals surface area contributed by atoms with Gasteiger partial charge in [0.2, 0.25) is 5.43 Å². The van der Waals surface area contributed by atoms with E-state index in [9.17, 15) is 14.7 Å². The monoisotopic (exact) mass is 375 g/mol. The Morgan fingerprint density at radius 2 is 2.12 bits per heavy atom. The maximum atomic E-state index is 12.3. The standard InChI is InChI=1S/C19H25N3O3S/c1-12(2)21-19(25)17-18(24)16(23)10-14(22(17)4)11-20-26-15-7-5-6-13(3)8-9-15/h5-10,12-13,20,24H,11H2,1-4H3,(H,21,25). The second-order valence-electron chi connectivity index (χ2n) is 6.48. The predicted molar refractivity (Wildman–Crippen MR) is 106 cm³/mol. The molecule has 7 heteroatoms. The third-order valence-corrected chi connectivity index (χ3v) is 4.64. The highest BCUT2D eigenvalue weighted by Gasteiger charge is 2.20. The van der Waals surface area contributed by atoms with Gasteiger partial charge in [0.05, 0.1) is 0 Å². The fourth-order valence-electron chi connectivity index (χ4n) is 2.45. The summed E-state index contributed by atoms with van der Waals surface area (Å²) < 4.78 is 4.74. The average molecular weight is 375 g/mol. The molecule has 1 heterocycles. The van der Waals surface area contributed by atoms with Gasteiger partial charge >= 0.3 is 0 Å². The number of amides is 1. The molecule has 2 rings (SSSR count). The SMILES string of the molecule is CC1C=CC=C(SNCc2cc(=O)c(O)c(C(=O)NC(C)C)n2C)C=C1. The lowest BCUT2D eigenvalue weighted by Crippen LogP contribution is -2.34. The summed E-state index contributed by atoms with van der Waals surface area (Å²) >= 11 is 1.45. The van der Waals surface area contributed by atoms with E-state index >= 15 is 0 Å². The summed E-state index contributed by atoms with van der Waals surface area (Å²) in [6.07, 6.45) is 10.3. The number of hydrogen-bond donors (Lipinski definition) is 3. The second-order valence-corrected chi connectivity index (χ2v) is 7.44. The lowest BCUT2D eigenvalue weighted by Gasteiger charge is -2.17. The number of pyridine rings is 1. The number of hydrogen-bond acceptors (Lipinski definition) is 5. The van der Waals surface area contributed by atoms with Gasteiger partial charge in [0.15, 0.2) is 11.4 Å². The third-order valence-electron chi connectivity index (χ3n) is 3.84. The Kier molecular flexibility index (Phi) is 6.88. The van der Waals surface area contributed by atoms with E-state index in [1.807, 2.05) is 32.1 Å². The molecule has 0 saturated carbocycles. The van der Waals surface area contributed by atoms with Gasteiger partial charge in [0, 0.05) is 36.3 Å². The Morgan fingerprint density at radius 1 is 1.38 bits per heavy atom. The first-order valence-electron chi connectivity index (χ1n) is 8.48. The van der Waals surface area contributed by atoms with Gasteiger partial charge in [0.25, 0.3) is 5.91 Å². The molecule has 1 unspecified atom stereocenters. The highest BCUT2D eigenvalue weighted by Crippen LogP contribution is 2.19. The molecule has 0 radical (unpaired) electrons. The molecule has 6 nitrogen and oxygen atoms in total. The molecule has 1 aliphatic carbocycles. The molecule has 1 atom stereocenters. The Bertz CT molecular complexity index is 822. The maximum absolute atomic E-state index is 12.3. The van der Waals surface area contributed by atoms with Crippen LogP contribution in [0.25, 0.3) is 0 Å². The van der Waals surface area contributed by atoms with Gasteiger partial charge in [-0.3, -0.25) is 14.3 Å². The van der Waals surface area contributed by atoms with Crippen LogP contribution in [0.5, 0.6) is 5.75 Å². The van der Waals surface area contributed by atoms with Crippen molar-refractivity contribution < 1.29 is 9.90 Å².